The molecule has 2 nitrogen and oxygen atoms in total. The summed E-state index contributed by atoms with van der Waals surface area (Å²) in [6, 6.07) is 13.2. The standard InChI is InChI=1S/C16H12Cl2N2/c17-14-5-4-11(8-15(14)18)16(19)12-3-1-2-10-6-7-20-9-13(10)12/h1-9,16H,19H2. The maximum absolute atomic E-state index is 6.37. The van der Waals surface area contributed by atoms with Crippen LogP contribution in [-0.4, -0.2) is 4.98 Å². The number of hydrogen-bond acceptors (Lipinski definition) is 2. The Labute approximate surface area is 127 Å². The molecule has 0 aliphatic carbocycles. The fraction of sp³-hybridized carbons (Fsp3) is 0.0625. The maximum atomic E-state index is 6.37. The van der Waals surface area contributed by atoms with Crippen LogP contribution in [0.5, 0.6) is 0 Å². The van der Waals surface area contributed by atoms with Crippen LogP contribution in [0.1, 0.15) is 17.2 Å². The minimum atomic E-state index is -0.266. The van der Waals surface area contributed by atoms with E-state index in [1.54, 1.807) is 12.3 Å². The van der Waals surface area contributed by atoms with Gasteiger partial charge in [-0.25, -0.2) is 0 Å². The zero-order valence-electron chi connectivity index (χ0n) is 10.6. The van der Waals surface area contributed by atoms with Crippen LogP contribution in [0.15, 0.2) is 54.9 Å². The van der Waals surface area contributed by atoms with Gasteiger partial charge in [-0.2, -0.15) is 0 Å². The largest absolute Gasteiger partial charge is 0.320 e. The average molecular weight is 303 g/mol. The number of nitrogens with zero attached hydrogens (tertiary/aromatic N) is 1. The van der Waals surface area contributed by atoms with E-state index >= 15 is 0 Å². The monoisotopic (exact) mass is 302 g/mol. The van der Waals surface area contributed by atoms with Crippen LogP contribution in [0.2, 0.25) is 10.0 Å². The van der Waals surface area contributed by atoms with Crippen LogP contribution in [0, 0.1) is 0 Å². The highest BCUT2D eigenvalue weighted by molar-refractivity contribution is 6.42. The minimum absolute atomic E-state index is 0.266. The van der Waals surface area contributed by atoms with E-state index in [1.807, 2.05) is 42.6 Å². The molecule has 20 heavy (non-hydrogen) atoms. The molecule has 3 aromatic rings. The summed E-state index contributed by atoms with van der Waals surface area (Å²) in [5, 5.41) is 3.21. The third-order valence-electron chi connectivity index (χ3n) is 3.36. The van der Waals surface area contributed by atoms with E-state index in [0.717, 1.165) is 21.9 Å². The van der Waals surface area contributed by atoms with Crippen LogP contribution < -0.4 is 5.73 Å². The van der Waals surface area contributed by atoms with Crippen molar-refractivity contribution in [2.24, 2.45) is 5.73 Å². The van der Waals surface area contributed by atoms with E-state index in [0.29, 0.717) is 10.0 Å². The second-order valence-electron chi connectivity index (χ2n) is 4.60. The van der Waals surface area contributed by atoms with Gasteiger partial charge in [0.25, 0.3) is 0 Å². The first-order valence-corrected chi connectivity index (χ1v) is 6.95. The van der Waals surface area contributed by atoms with Gasteiger partial charge in [0.05, 0.1) is 16.1 Å². The van der Waals surface area contributed by atoms with Crippen molar-refractivity contribution in [1.82, 2.24) is 4.98 Å². The minimum Gasteiger partial charge on any atom is -0.320 e. The van der Waals surface area contributed by atoms with Gasteiger partial charge in [-0.15, -0.1) is 0 Å². The lowest BCUT2D eigenvalue weighted by molar-refractivity contribution is 0.880. The zero-order valence-corrected chi connectivity index (χ0v) is 12.1. The van der Waals surface area contributed by atoms with Crippen molar-refractivity contribution < 1.29 is 0 Å². The molecule has 0 aliphatic rings. The summed E-state index contributed by atoms with van der Waals surface area (Å²) in [4.78, 5) is 4.18. The number of benzene rings is 2. The SMILES string of the molecule is NC(c1ccc(Cl)c(Cl)c1)c1cccc2ccncc12. The van der Waals surface area contributed by atoms with E-state index in [2.05, 4.69) is 4.98 Å². The van der Waals surface area contributed by atoms with E-state index in [-0.39, 0.29) is 6.04 Å². The van der Waals surface area contributed by atoms with Gasteiger partial charge in [-0.3, -0.25) is 4.98 Å². The fourth-order valence-electron chi connectivity index (χ4n) is 2.29. The highest BCUT2D eigenvalue weighted by atomic mass is 35.5. The van der Waals surface area contributed by atoms with Crippen LogP contribution >= 0.6 is 23.2 Å². The van der Waals surface area contributed by atoms with E-state index < -0.39 is 0 Å². The quantitative estimate of drug-likeness (QED) is 0.752. The van der Waals surface area contributed by atoms with Gasteiger partial charge in [0, 0.05) is 17.8 Å². The van der Waals surface area contributed by atoms with Crippen molar-refractivity contribution in [2.45, 2.75) is 6.04 Å². The van der Waals surface area contributed by atoms with Crippen molar-refractivity contribution in [2.75, 3.05) is 0 Å². The van der Waals surface area contributed by atoms with Crippen LogP contribution in [0.25, 0.3) is 10.8 Å². The molecule has 3 rings (SSSR count). The molecule has 0 saturated heterocycles. The van der Waals surface area contributed by atoms with Crippen molar-refractivity contribution in [3.8, 4) is 0 Å². The molecular formula is C16H12Cl2N2. The van der Waals surface area contributed by atoms with Crippen molar-refractivity contribution >= 4 is 34.0 Å². The lowest BCUT2D eigenvalue weighted by atomic mass is 9.95. The van der Waals surface area contributed by atoms with E-state index in [4.69, 9.17) is 28.9 Å². The first-order valence-electron chi connectivity index (χ1n) is 6.20. The Kier molecular flexibility index (Phi) is 3.62. The zero-order chi connectivity index (χ0) is 14.1. The number of pyridine rings is 1. The van der Waals surface area contributed by atoms with Gasteiger partial charge >= 0.3 is 0 Å². The molecule has 1 unspecified atom stereocenters. The Morgan fingerprint density at radius 3 is 2.65 bits per heavy atom. The molecule has 2 N–H and O–H groups in total. The summed E-state index contributed by atoms with van der Waals surface area (Å²) >= 11 is 12.0. The number of aromatic nitrogens is 1. The molecule has 1 atom stereocenters. The van der Waals surface area contributed by atoms with Gasteiger partial charge < -0.3 is 5.73 Å². The Morgan fingerprint density at radius 1 is 1.00 bits per heavy atom. The molecule has 2 aromatic carbocycles. The predicted molar refractivity (Wildman–Crippen MR) is 84.2 cm³/mol. The van der Waals surface area contributed by atoms with Gasteiger partial charge in [0.15, 0.2) is 0 Å². The molecule has 1 heterocycles. The molecule has 0 radical (unpaired) electrons. The summed E-state index contributed by atoms with van der Waals surface area (Å²) in [5.41, 5.74) is 8.32. The summed E-state index contributed by atoms with van der Waals surface area (Å²) in [6.07, 6.45) is 3.61. The fourth-order valence-corrected chi connectivity index (χ4v) is 2.60. The van der Waals surface area contributed by atoms with Crippen molar-refractivity contribution in [3.05, 3.63) is 76.0 Å². The molecule has 0 amide bonds. The molecule has 0 aliphatic heterocycles. The number of hydrogen-bond donors (Lipinski definition) is 1. The first-order chi connectivity index (χ1) is 9.66. The summed E-state index contributed by atoms with van der Waals surface area (Å²) in [5.74, 6) is 0. The lowest BCUT2D eigenvalue weighted by Crippen LogP contribution is -2.12. The third-order valence-corrected chi connectivity index (χ3v) is 4.09. The number of nitrogens with two attached hydrogens (primary N) is 1. The smallest absolute Gasteiger partial charge is 0.0595 e. The van der Waals surface area contributed by atoms with Gasteiger partial charge in [-0.05, 0) is 34.7 Å². The summed E-state index contributed by atoms with van der Waals surface area (Å²) < 4.78 is 0. The molecule has 0 bridgehead atoms. The number of fused-ring (bicyclic) bond motifs is 1. The Bertz CT molecular complexity index is 766. The van der Waals surface area contributed by atoms with Crippen LogP contribution in [-0.2, 0) is 0 Å². The number of rotatable bonds is 2. The number of halogens is 2. The maximum Gasteiger partial charge on any atom is 0.0595 e. The highest BCUT2D eigenvalue weighted by Gasteiger charge is 2.13. The average Bonchev–Trinajstić information content (AvgIpc) is 2.49. The normalized spacial score (nSPS) is 12.6. The second-order valence-corrected chi connectivity index (χ2v) is 5.41. The van der Waals surface area contributed by atoms with Crippen molar-refractivity contribution in [3.63, 3.8) is 0 Å². The molecule has 0 saturated carbocycles. The molecule has 0 spiro atoms. The summed E-state index contributed by atoms with van der Waals surface area (Å²) in [6.45, 7) is 0. The lowest BCUT2D eigenvalue weighted by Gasteiger charge is -2.15. The second kappa shape index (κ2) is 5.41. The topological polar surface area (TPSA) is 38.9 Å². The highest BCUT2D eigenvalue weighted by Crippen LogP contribution is 2.30. The molecule has 4 heteroatoms. The van der Waals surface area contributed by atoms with Gasteiger partial charge in [0.2, 0.25) is 0 Å². The van der Waals surface area contributed by atoms with Gasteiger partial charge in [-0.1, -0.05) is 47.5 Å². The summed E-state index contributed by atoms with van der Waals surface area (Å²) in [7, 11) is 0. The van der Waals surface area contributed by atoms with E-state index in [9.17, 15) is 0 Å². The van der Waals surface area contributed by atoms with Crippen LogP contribution in [0.4, 0.5) is 0 Å². The predicted octanol–water partition coefficient (Wildman–Crippen LogP) is 4.59. The Hall–Kier alpha value is -1.61. The van der Waals surface area contributed by atoms with Crippen molar-refractivity contribution in [1.29, 1.82) is 0 Å². The molecule has 0 fully saturated rings. The van der Waals surface area contributed by atoms with Crippen LogP contribution in [0.3, 0.4) is 0 Å². The van der Waals surface area contributed by atoms with E-state index in [1.165, 1.54) is 0 Å². The third kappa shape index (κ3) is 2.38. The first kappa shape index (κ1) is 13.4. The molecule has 1 aromatic heterocycles. The molecule has 100 valence electrons. The molecular weight excluding hydrogens is 291 g/mol. The Balaban J connectivity index is 2.12. The Morgan fingerprint density at radius 2 is 1.85 bits per heavy atom. The van der Waals surface area contributed by atoms with Gasteiger partial charge in [0.1, 0.15) is 0 Å².